The van der Waals surface area contributed by atoms with E-state index in [-0.39, 0.29) is 25.6 Å². The molecular weight excluding hydrogens is 298 g/mol. The average molecular weight is 317 g/mol. The number of amides is 1. The minimum absolute atomic E-state index is 0.0120. The Morgan fingerprint density at radius 2 is 2.30 bits per heavy atom. The number of carboxylic acids is 1. The second kappa shape index (κ2) is 7.01. The molecule has 0 bridgehead atoms. The maximum atomic E-state index is 11.9. The van der Waals surface area contributed by atoms with Crippen molar-refractivity contribution in [3.8, 4) is 11.8 Å². The summed E-state index contributed by atoms with van der Waals surface area (Å²) in [5.41, 5.74) is 1.34. The van der Waals surface area contributed by atoms with Gasteiger partial charge in [-0.25, -0.2) is 0 Å². The molecule has 1 heterocycles. The minimum Gasteiger partial charge on any atom is -0.482 e. The first-order valence-corrected chi connectivity index (χ1v) is 7.39. The summed E-state index contributed by atoms with van der Waals surface area (Å²) in [6.45, 7) is 4.27. The Kier molecular flexibility index (Phi) is 5.06. The quantitative estimate of drug-likeness (QED) is 0.799. The zero-order chi connectivity index (χ0) is 17.0. The Labute approximate surface area is 134 Å². The molecule has 0 aliphatic carbocycles. The number of anilines is 2. The first kappa shape index (κ1) is 16.6. The maximum absolute atomic E-state index is 11.9. The highest BCUT2D eigenvalue weighted by molar-refractivity contribution is 5.98. The van der Waals surface area contributed by atoms with Gasteiger partial charge >= 0.3 is 5.97 Å². The number of rotatable bonds is 6. The van der Waals surface area contributed by atoms with Gasteiger partial charge in [0.2, 0.25) is 0 Å². The molecule has 1 amide bonds. The van der Waals surface area contributed by atoms with Gasteiger partial charge in [0.25, 0.3) is 5.91 Å². The number of fused-ring (bicyclic) bond motifs is 1. The van der Waals surface area contributed by atoms with Crippen molar-refractivity contribution in [2.75, 3.05) is 36.0 Å². The molecule has 1 aliphatic heterocycles. The summed E-state index contributed by atoms with van der Waals surface area (Å²) in [5.74, 6) is -1.04. The number of hydrogen-bond donors (Lipinski definition) is 1. The van der Waals surface area contributed by atoms with Crippen LogP contribution >= 0.6 is 0 Å². The Bertz CT molecular complexity index is 653. The lowest BCUT2D eigenvalue weighted by Gasteiger charge is -2.31. The number of nitrogens with zero attached hydrogens (tertiary/aromatic N) is 3. The molecule has 1 unspecified atom stereocenters. The number of nitriles is 1. The molecule has 0 saturated heterocycles. The van der Waals surface area contributed by atoms with Crippen LogP contribution in [0.1, 0.15) is 13.8 Å². The molecule has 7 nitrogen and oxygen atoms in total. The van der Waals surface area contributed by atoms with Gasteiger partial charge in [0, 0.05) is 18.8 Å². The lowest BCUT2D eigenvalue weighted by atomic mass is 10.1. The molecule has 7 heteroatoms. The Morgan fingerprint density at radius 1 is 1.57 bits per heavy atom. The van der Waals surface area contributed by atoms with Crippen molar-refractivity contribution in [3.63, 3.8) is 0 Å². The predicted molar refractivity (Wildman–Crippen MR) is 84.6 cm³/mol. The van der Waals surface area contributed by atoms with Gasteiger partial charge in [0.05, 0.1) is 17.7 Å². The molecule has 0 radical (unpaired) electrons. The van der Waals surface area contributed by atoms with Crippen LogP contribution in [0.4, 0.5) is 11.4 Å². The van der Waals surface area contributed by atoms with Gasteiger partial charge in [-0.2, -0.15) is 5.26 Å². The highest BCUT2D eigenvalue weighted by Gasteiger charge is 2.25. The van der Waals surface area contributed by atoms with E-state index in [1.807, 2.05) is 13.0 Å². The predicted octanol–water partition coefficient (Wildman–Crippen LogP) is 1.48. The summed E-state index contributed by atoms with van der Waals surface area (Å²) in [6, 6.07) is 7.33. The van der Waals surface area contributed by atoms with Crippen molar-refractivity contribution in [3.05, 3.63) is 18.2 Å². The van der Waals surface area contributed by atoms with Crippen LogP contribution in [0.25, 0.3) is 0 Å². The molecule has 0 fully saturated rings. The topological polar surface area (TPSA) is 93.9 Å². The third-order valence-electron chi connectivity index (χ3n) is 3.74. The van der Waals surface area contributed by atoms with Gasteiger partial charge in [-0.05, 0) is 25.1 Å². The van der Waals surface area contributed by atoms with Crippen LogP contribution in [0, 0.1) is 17.2 Å². The van der Waals surface area contributed by atoms with E-state index < -0.39 is 11.9 Å². The van der Waals surface area contributed by atoms with Crippen LogP contribution in [0.3, 0.4) is 0 Å². The number of likely N-dealkylation sites (N-methyl/N-ethyl adjacent to an activating group) is 1. The van der Waals surface area contributed by atoms with Gasteiger partial charge < -0.3 is 19.6 Å². The molecule has 2 rings (SSSR count). The van der Waals surface area contributed by atoms with E-state index in [4.69, 9.17) is 15.1 Å². The van der Waals surface area contributed by atoms with E-state index in [1.165, 1.54) is 0 Å². The fourth-order valence-corrected chi connectivity index (χ4v) is 2.49. The molecule has 1 N–H and O–H groups in total. The van der Waals surface area contributed by atoms with E-state index >= 15 is 0 Å². The molecule has 0 aromatic heterocycles. The summed E-state index contributed by atoms with van der Waals surface area (Å²) in [4.78, 5) is 26.3. The molecule has 23 heavy (non-hydrogen) atoms. The lowest BCUT2D eigenvalue weighted by molar-refractivity contribution is -0.140. The summed E-state index contributed by atoms with van der Waals surface area (Å²) >= 11 is 0. The minimum atomic E-state index is -0.917. The van der Waals surface area contributed by atoms with Crippen LogP contribution in [0.5, 0.6) is 5.75 Å². The molecule has 1 aliphatic rings. The Hall–Kier alpha value is -2.75. The number of hydrogen-bond acceptors (Lipinski definition) is 5. The molecule has 1 atom stereocenters. The van der Waals surface area contributed by atoms with Crippen LogP contribution < -0.4 is 14.5 Å². The van der Waals surface area contributed by atoms with Crippen LogP contribution in [-0.2, 0) is 9.59 Å². The molecule has 1 aromatic rings. The number of benzene rings is 1. The van der Waals surface area contributed by atoms with E-state index in [0.29, 0.717) is 23.7 Å². The third kappa shape index (κ3) is 3.54. The lowest BCUT2D eigenvalue weighted by Crippen LogP contribution is -2.39. The monoisotopic (exact) mass is 317 g/mol. The van der Waals surface area contributed by atoms with Crippen molar-refractivity contribution < 1.29 is 19.4 Å². The molecule has 0 spiro atoms. The summed E-state index contributed by atoms with van der Waals surface area (Å²) in [6.07, 6.45) is 0. The molecule has 0 saturated carbocycles. The largest absolute Gasteiger partial charge is 0.482 e. The average Bonchev–Trinajstić information content (AvgIpc) is 2.53. The van der Waals surface area contributed by atoms with Gasteiger partial charge in [-0.1, -0.05) is 6.92 Å². The van der Waals surface area contributed by atoms with Crippen molar-refractivity contribution >= 4 is 23.3 Å². The van der Waals surface area contributed by atoms with Crippen LogP contribution in [0.15, 0.2) is 18.2 Å². The van der Waals surface area contributed by atoms with E-state index in [1.54, 1.807) is 34.9 Å². The summed E-state index contributed by atoms with van der Waals surface area (Å²) in [5, 5.41) is 18.1. The zero-order valence-electron chi connectivity index (χ0n) is 13.2. The zero-order valence-corrected chi connectivity index (χ0v) is 13.2. The first-order valence-electron chi connectivity index (χ1n) is 7.39. The number of carbonyl (C=O) groups excluding carboxylic acids is 1. The SMILES string of the molecule is CCN1C(=O)COc2ccc(N(CC#N)CC(C)C(=O)O)cc21. The molecule has 1 aromatic carbocycles. The van der Waals surface area contributed by atoms with Gasteiger partial charge in [-0.15, -0.1) is 0 Å². The van der Waals surface area contributed by atoms with Gasteiger partial charge in [0.1, 0.15) is 12.3 Å². The van der Waals surface area contributed by atoms with E-state index in [2.05, 4.69) is 0 Å². The number of aliphatic carboxylic acids is 1. The Morgan fingerprint density at radius 3 is 2.91 bits per heavy atom. The summed E-state index contributed by atoms with van der Waals surface area (Å²) in [7, 11) is 0. The Balaban J connectivity index is 2.34. The normalized spacial score (nSPS) is 14.5. The molecule has 122 valence electrons. The number of carbonyl (C=O) groups is 2. The van der Waals surface area contributed by atoms with Crippen molar-refractivity contribution in [2.24, 2.45) is 5.92 Å². The van der Waals surface area contributed by atoms with Crippen molar-refractivity contribution in [1.29, 1.82) is 5.26 Å². The van der Waals surface area contributed by atoms with Gasteiger partial charge in [-0.3, -0.25) is 9.59 Å². The van der Waals surface area contributed by atoms with E-state index in [9.17, 15) is 9.59 Å². The maximum Gasteiger partial charge on any atom is 0.308 e. The highest BCUT2D eigenvalue weighted by atomic mass is 16.5. The third-order valence-corrected chi connectivity index (χ3v) is 3.74. The van der Waals surface area contributed by atoms with Crippen molar-refractivity contribution in [1.82, 2.24) is 0 Å². The highest BCUT2D eigenvalue weighted by Crippen LogP contribution is 2.35. The first-order chi connectivity index (χ1) is 11.0. The van der Waals surface area contributed by atoms with Crippen LogP contribution in [0.2, 0.25) is 0 Å². The standard InChI is InChI=1S/C16H19N3O4/c1-3-19-13-8-12(4-5-14(13)23-10-15(19)20)18(7-6-17)9-11(2)16(21)22/h4-5,8,11H,3,7,9-10H2,1-2H3,(H,21,22). The number of ether oxygens (including phenoxy) is 1. The second-order valence-electron chi connectivity index (χ2n) is 5.36. The summed E-state index contributed by atoms with van der Waals surface area (Å²) < 4.78 is 5.41. The fraction of sp³-hybridized carbons (Fsp3) is 0.438. The van der Waals surface area contributed by atoms with Crippen molar-refractivity contribution in [2.45, 2.75) is 13.8 Å². The molecular formula is C16H19N3O4. The van der Waals surface area contributed by atoms with Crippen LogP contribution in [-0.4, -0.2) is 43.2 Å². The second-order valence-corrected chi connectivity index (χ2v) is 5.36. The number of carboxylic acid groups (broad SMARTS) is 1. The smallest absolute Gasteiger partial charge is 0.308 e. The van der Waals surface area contributed by atoms with E-state index in [0.717, 1.165) is 0 Å². The fourth-order valence-electron chi connectivity index (χ4n) is 2.49. The van der Waals surface area contributed by atoms with Gasteiger partial charge in [0.15, 0.2) is 6.61 Å².